The molecule has 0 aliphatic carbocycles. The summed E-state index contributed by atoms with van der Waals surface area (Å²) in [5.41, 5.74) is 3.76. The van der Waals surface area contributed by atoms with Gasteiger partial charge in [-0.1, -0.05) is 77.7 Å². The Morgan fingerprint density at radius 2 is 1.63 bits per heavy atom. The minimum atomic E-state index is 0.153. The number of ether oxygens (including phenoxy) is 2. The molecule has 0 aliphatic heterocycles. The van der Waals surface area contributed by atoms with Crippen molar-refractivity contribution < 1.29 is 14.3 Å². The molecular weight excluding hydrogens is 585 g/mol. The number of aliphatic imine (C=N–C) groups is 1. The fourth-order valence-electron chi connectivity index (χ4n) is 3.84. The number of hydrogen-bond acceptors (Lipinski definition) is 7. The number of nitrogens with zero attached hydrogens (tertiary/aromatic N) is 5. The lowest BCUT2D eigenvalue weighted by Crippen LogP contribution is -2.25. The monoisotopic (exact) mass is 633 g/mol. The van der Waals surface area contributed by atoms with E-state index in [-0.39, 0.29) is 21.7 Å². The van der Waals surface area contributed by atoms with Crippen LogP contribution in [-0.2, 0) is 11.3 Å². The van der Waals surface area contributed by atoms with Crippen LogP contribution in [0, 0.1) is 5.92 Å². The van der Waals surface area contributed by atoms with E-state index < -0.39 is 0 Å². The van der Waals surface area contributed by atoms with E-state index in [2.05, 4.69) is 16.9 Å². The Balaban J connectivity index is 0.00000276. The number of methoxy groups -OCH3 is 2. The number of rotatable bonds is 10. The minimum Gasteiger partial charge on any atom is -0.495 e. The number of ketones is 1. The summed E-state index contributed by atoms with van der Waals surface area (Å²) in [5.74, 6) is 1.09. The number of benzene rings is 1. The first kappa shape index (κ1) is 39.8. The van der Waals surface area contributed by atoms with E-state index in [0.29, 0.717) is 52.5 Å². The summed E-state index contributed by atoms with van der Waals surface area (Å²) in [6.07, 6.45) is 6.62. The SMILES string of the molecule is C/C=C(\C=NC)c1cnc2ccc(=Nc3c(Cl)c(OC)cc(OC)c3Cl)n(CC(C)CCC(C)=O)c2n1.CC.CC.CC. The Hall–Kier alpha value is -3.23. The molecular formula is C33H49Cl2N5O3. The third-order valence-electron chi connectivity index (χ3n) is 5.84. The molecule has 1 aromatic carbocycles. The van der Waals surface area contributed by atoms with Gasteiger partial charge in [-0.3, -0.25) is 9.98 Å². The average molecular weight is 635 g/mol. The number of carbonyl (C=O) groups is 1. The number of carbonyl (C=O) groups excluding carboxylic acids is 1. The molecule has 0 aliphatic rings. The van der Waals surface area contributed by atoms with Crippen molar-refractivity contribution in [3.05, 3.63) is 51.7 Å². The summed E-state index contributed by atoms with van der Waals surface area (Å²) in [5, 5.41) is 0.527. The summed E-state index contributed by atoms with van der Waals surface area (Å²) in [7, 11) is 4.74. The number of halogens is 2. The van der Waals surface area contributed by atoms with E-state index in [1.807, 2.05) is 71.2 Å². The molecule has 0 saturated carbocycles. The predicted octanol–water partition coefficient (Wildman–Crippen LogP) is 9.18. The van der Waals surface area contributed by atoms with Gasteiger partial charge in [0.1, 0.15) is 44.0 Å². The molecule has 0 saturated heterocycles. The Morgan fingerprint density at radius 1 is 1.05 bits per heavy atom. The van der Waals surface area contributed by atoms with Crippen molar-refractivity contribution in [1.82, 2.24) is 14.5 Å². The van der Waals surface area contributed by atoms with Gasteiger partial charge < -0.3 is 18.8 Å². The molecule has 10 heteroatoms. The largest absolute Gasteiger partial charge is 0.495 e. The van der Waals surface area contributed by atoms with Gasteiger partial charge in [0, 0.05) is 37.9 Å². The van der Waals surface area contributed by atoms with Crippen molar-refractivity contribution in [1.29, 1.82) is 0 Å². The smallest absolute Gasteiger partial charge is 0.160 e. The molecule has 8 nitrogen and oxygen atoms in total. The van der Waals surface area contributed by atoms with Crippen LogP contribution in [0.15, 0.2) is 40.5 Å². The quantitative estimate of drug-likeness (QED) is 0.208. The number of hydrogen-bond donors (Lipinski definition) is 0. The number of Topliss-reactive ketones (excluding diaryl/α,β-unsaturated/α-hetero) is 1. The van der Waals surface area contributed by atoms with Crippen LogP contribution in [0.2, 0.25) is 10.0 Å². The molecule has 2 aromatic heterocycles. The molecule has 0 spiro atoms. The zero-order valence-electron chi connectivity index (χ0n) is 27.9. The zero-order valence-corrected chi connectivity index (χ0v) is 29.4. The van der Waals surface area contributed by atoms with Crippen molar-refractivity contribution in [2.45, 2.75) is 81.7 Å². The molecule has 43 heavy (non-hydrogen) atoms. The first-order valence-electron chi connectivity index (χ1n) is 14.8. The van der Waals surface area contributed by atoms with Gasteiger partial charge >= 0.3 is 0 Å². The van der Waals surface area contributed by atoms with Gasteiger partial charge in [0.15, 0.2) is 5.65 Å². The first-order chi connectivity index (χ1) is 20.7. The third-order valence-corrected chi connectivity index (χ3v) is 6.57. The molecule has 3 aromatic rings. The molecule has 2 heterocycles. The second kappa shape index (κ2) is 21.5. The number of pyridine rings is 1. The first-order valence-corrected chi connectivity index (χ1v) is 15.6. The topological polar surface area (TPSA) is 91.0 Å². The van der Waals surface area contributed by atoms with Crippen LogP contribution in [0.3, 0.4) is 0 Å². The van der Waals surface area contributed by atoms with Gasteiger partial charge in [-0.2, -0.15) is 0 Å². The average Bonchev–Trinajstić information content (AvgIpc) is 3.04. The molecule has 0 fully saturated rings. The van der Waals surface area contributed by atoms with Crippen molar-refractivity contribution in [2.24, 2.45) is 15.9 Å². The van der Waals surface area contributed by atoms with E-state index in [4.69, 9.17) is 42.7 Å². The highest BCUT2D eigenvalue weighted by molar-refractivity contribution is 6.40. The van der Waals surface area contributed by atoms with Gasteiger partial charge in [0.25, 0.3) is 0 Å². The van der Waals surface area contributed by atoms with Crippen molar-refractivity contribution >= 4 is 57.6 Å². The maximum Gasteiger partial charge on any atom is 0.160 e. The fourth-order valence-corrected chi connectivity index (χ4v) is 4.42. The van der Waals surface area contributed by atoms with Crippen molar-refractivity contribution in [3.63, 3.8) is 0 Å². The van der Waals surface area contributed by atoms with Crippen LogP contribution in [-0.4, -0.2) is 47.8 Å². The van der Waals surface area contributed by atoms with Gasteiger partial charge in [0.2, 0.25) is 0 Å². The predicted molar refractivity (Wildman–Crippen MR) is 184 cm³/mol. The molecule has 1 unspecified atom stereocenters. The molecule has 0 radical (unpaired) electrons. The zero-order chi connectivity index (χ0) is 33.1. The standard InChI is InChI=1S/C27H31Cl2N5O3.3C2H6/c1-7-18(13-30-4)20-14-31-19-10-11-23(34(27(19)32-20)15-16(2)8-9-17(3)35)33-26-24(28)21(36-5)12-22(37-6)25(26)29;3*1-2/h7,10-14,16H,8-9,15H2,1-6H3;3*1-2H3/b18-7+,30-13?,33-23?;;;. The molecule has 238 valence electrons. The van der Waals surface area contributed by atoms with E-state index in [1.54, 1.807) is 32.4 Å². The fraction of sp³-hybridized carbons (Fsp3) is 0.485. The summed E-state index contributed by atoms with van der Waals surface area (Å²) in [6, 6.07) is 5.31. The Kier molecular flexibility index (Phi) is 19.8. The van der Waals surface area contributed by atoms with Gasteiger partial charge in [-0.15, -0.1) is 0 Å². The molecule has 0 bridgehead atoms. The van der Waals surface area contributed by atoms with Crippen LogP contribution < -0.4 is 15.0 Å². The lowest BCUT2D eigenvalue weighted by Gasteiger charge is -2.17. The van der Waals surface area contributed by atoms with E-state index >= 15 is 0 Å². The van der Waals surface area contributed by atoms with Crippen molar-refractivity contribution in [3.8, 4) is 11.5 Å². The van der Waals surface area contributed by atoms with E-state index in [1.165, 1.54) is 14.2 Å². The van der Waals surface area contributed by atoms with E-state index in [9.17, 15) is 4.79 Å². The van der Waals surface area contributed by atoms with Gasteiger partial charge in [-0.25, -0.2) is 9.98 Å². The summed E-state index contributed by atoms with van der Waals surface area (Å²) in [6.45, 7) is 18.2. The number of allylic oxidation sites excluding steroid dienone is 2. The lowest BCUT2D eigenvalue weighted by atomic mass is 10.0. The minimum absolute atomic E-state index is 0.153. The Bertz CT molecular complexity index is 1400. The maximum absolute atomic E-state index is 11.6. The Labute approximate surface area is 267 Å². The lowest BCUT2D eigenvalue weighted by molar-refractivity contribution is -0.117. The van der Waals surface area contributed by atoms with Crippen LogP contribution in [0.5, 0.6) is 11.5 Å². The van der Waals surface area contributed by atoms with Crippen LogP contribution >= 0.6 is 23.2 Å². The highest BCUT2D eigenvalue weighted by Gasteiger charge is 2.18. The van der Waals surface area contributed by atoms with Crippen LogP contribution in [0.4, 0.5) is 5.69 Å². The summed E-state index contributed by atoms with van der Waals surface area (Å²) in [4.78, 5) is 30.2. The molecule has 3 rings (SSSR count). The Morgan fingerprint density at radius 3 is 2.12 bits per heavy atom. The number of fused-ring (bicyclic) bond motifs is 1. The van der Waals surface area contributed by atoms with Crippen LogP contribution in [0.1, 0.15) is 80.8 Å². The second-order valence-corrected chi connectivity index (χ2v) is 9.37. The van der Waals surface area contributed by atoms with Gasteiger partial charge in [-0.05, 0) is 38.3 Å². The molecule has 0 N–H and O–H groups in total. The van der Waals surface area contributed by atoms with E-state index in [0.717, 1.165) is 12.0 Å². The second-order valence-electron chi connectivity index (χ2n) is 8.61. The summed E-state index contributed by atoms with van der Waals surface area (Å²) < 4.78 is 12.8. The maximum atomic E-state index is 11.6. The third kappa shape index (κ3) is 11.1. The normalized spacial score (nSPS) is 12.0. The number of aromatic nitrogens is 3. The highest BCUT2D eigenvalue weighted by atomic mass is 35.5. The molecule has 1 atom stereocenters. The van der Waals surface area contributed by atoms with Crippen molar-refractivity contribution in [2.75, 3.05) is 21.3 Å². The molecule has 0 amide bonds. The summed E-state index contributed by atoms with van der Waals surface area (Å²) >= 11 is 13.2. The van der Waals surface area contributed by atoms with Gasteiger partial charge in [0.05, 0.1) is 26.1 Å². The highest BCUT2D eigenvalue weighted by Crippen LogP contribution is 2.45. The van der Waals surface area contributed by atoms with Crippen LogP contribution in [0.25, 0.3) is 16.7 Å².